The van der Waals surface area contributed by atoms with Crippen molar-refractivity contribution < 1.29 is 17.2 Å². The zero-order valence-electron chi connectivity index (χ0n) is 10.9. The van der Waals surface area contributed by atoms with Crippen molar-refractivity contribution in [3.05, 3.63) is 0 Å². The lowest BCUT2D eigenvalue weighted by atomic mass is 10.1. The Morgan fingerprint density at radius 1 is 0.824 bits per heavy atom. The summed E-state index contributed by atoms with van der Waals surface area (Å²) in [4.78, 5) is 0. The zero-order chi connectivity index (χ0) is 13.0. The van der Waals surface area contributed by atoms with Crippen LogP contribution >= 0.6 is 0 Å². The molecule has 17 heavy (non-hydrogen) atoms. The van der Waals surface area contributed by atoms with Gasteiger partial charge in [0, 0.05) is 0 Å². The van der Waals surface area contributed by atoms with Gasteiger partial charge in [-0.2, -0.15) is 0 Å². The van der Waals surface area contributed by atoms with Crippen LogP contribution in [0.15, 0.2) is 0 Å². The summed E-state index contributed by atoms with van der Waals surface area (Å²) in [6.45, 7) is 2.38. The first kappa shape index (κ1) is 16.9. The summed E-state index contributed by atoms with van der Waals surface area (Å²) in [5.74, 6) is 0. The molecule has 2 N–H and O–H groups in total. The Bertz CT molecular complexity index is 249. The maximum Gasteiger partial charge on any atom is 0.528 e. The van der Waals surface area contributed by atoms with Crippen LogP contribution in [0.25, 0.3) is 0 Å². The van der Waals surface area contributed by atoms with Gasteiger partial charge in [0.1, 0.15) is 0 Å². The Morgan fingerprint density at radius 2 is 1.24 bits per heavy atom. The highest BCUT2D eigenvalue weighted by molar-refractivity contribution is 7.80. The van der Waals surface area contributed by atoms with Crippen LogP contribution in [-0.4, -0.2) is 19.6 Å². The predicted octanol–water partition coefficient (Wildman–Crippen LogP) is 2.89. The van der Waals surface area contributed by atoms with Crippen molar-refractivity contribution in [3.8, 4) is 0 Å². The monoisotopic (exact) mass is 267 g/mol. The van der Waals surface area contributed by atoms with Gasteiger partial charge in [-0.05, 0) is 6.42 Å². The topological polar surface area (TPSA) is 66.3 Å². The first-order valence-electron chi connectivity index (χ1n) is 6.70. The summed E-state index contributed by atoms with van der Waals surface area (Å²) in [5.41, 5.74) is 0. The van der Waals surface area contributed by atoms with Crippen LogP contribution in [0, 0.1) is 0 Å². The van der Waals surface area contributed by atoms with E-state index in [1.165, 1.54) is 44.9 Å². The van der Waals surface area contributed by atoms with E-state index in [1.54, 1.807) is 0 Å². The van der Waals surface area contributed by atoms with Gasteiger partial charge in [-0.15, -0.1) is 8.42 Å². The van der Waals surface area contributed by atoms with E-state index in [1.807, 2.05) is 0 Å². The van der Waals surface area contributed by atoms with E-state index in [4.69, 9.17) is 4.55 Å². The fraction of sp³-hybridized carbons (Fsp3) is 1.00. The third-order valence-corrected chi connectivity index (χ3v) is 3.21. The number of hydrogen-bond acceptors (Lipinski definition) is 3. The van der Waals surface area contributed by atoms with E-state index in [0.29, 0.717) is 0 Å². The van der Waals surface area contributed by atoms with Crippen LogP contribution < -0.4 is 0 Å². The minimum atomic E-state index is -3.98. The molecule has 0 fully saturated rings. The van der Waals surface area contributed by atoms with Crippen LogP contribution in [-0.2, 0) is 14.6 Å². The van der Waals surface area contributed by atoms with Gasteiger partial charge < -0.3 is 4.55 Å². The smallest absolute Gasteiger partial charge is 0.309 e. The number of unbranched alkanes of at least 4 members (excludes halogenated alkanes) is 9. The van der Waals surface area contributed by atoms with E-state index in [-0.39, 0.29) is 6.61 Å². The summed E-state index contributed by atoms with van der Waals surface area (Å²) in [6, 6.07) is 0. The maximum absolute atomic E-state index is 10.3. The second kappa shape index (κ2) is 11.0. The SMILES string of the molecule is CCCCCCCCCCCCOS(=O)(=O)[OH2+]. The van der Waals surface area contributed by atoms with Crippen molar-refractivity contribution in [2.24, 2.45) is 0 Å². The molecule has 0 rings (SSSR count). The quantitative estimate of drug-likeness (QED) is 0.403. The fourth-order valence-electron chi connectivity index (χ4n) is 1.76. The highest BCUT2D eigenvalue weighted by Crippen LogP contribution is 2.10. The lowest BCUT2D eigenvalue weighted by Crippen LogP contribution is -2.04. The van der Waals surface area contributed by atoms with Gasteiger partial charge in [0.05, 0.1) is 6.61 Å². The van der Waals surface area contributed by atoms with Gasteiger partial charge in [0.15, 0.2) is 0 Å². The van der Waals surface area contributed by atoms with Gasteiger partial charge in [-0.25, -0.2) is 4.18 Å². The molecule has 0 aromatic heterocycles. The van der Waals surface area contributed by atoms with Gasteiger partial charge in [-0.3, -0.25) is 0 Å². The van der Waals surface area contributed by atoms with Crippen LogP contribution in [0.2, 0.25) is 0 Å². The van der Waals surface area contributed by atoms with Crippen LogP contribution in [0.3, 0.4) is 0 Å². The lowest BCUT2D eigenvalue weighted by Gasteiger charge is -2.01. The Hall–Kier alpha value is -0.130. The standard InChI is InChI=1S/C12H26O4S/c1-2-3-4-5-6-7-8-9-10-11-12-16-17(13,14)15/h2-12H2,1H3,(H,13,14,15)/p+1. The lowest BCUT2D eigenvalue weighted by molar-refractivity contribution is 0.261. The maximum atomic E-state index is 10.3. The molecule has 0 aromatic carbocycles. The number of hydrogen-bond donors (Lipinski definition) is 0. The van der Waals surface area contributed by atoms with Crippen LogP contribution in [0.4, 0.5) is 0 Å². The average Bonchev–Trinajstić information content (AvgIpc) is 2.24. The van der Waals surface area contributed by atoms with E-state index >= 15 is 0 Å². The predicted molar refractivity (Wildman–Crippen MR) is 70.3 cm³/mol. The van der Waals surface area contributed by atoms with E-state index in [0.717, 1.165) is 19.3 Å². The summed E-state index contributed by atoms with van der Waals surface area (Å²) in [7, 11) is -3.98. The second-order valence-electron chi connectivity index (χ2n) is 4.46. The van der Waals surface area contributed by atoms with E-state index < -0.39 is 10.4 Å². The molecule has 0 aliphatic rings. The summed E-state index contributed by atoms with van der Waals surface area (Å²) in [5, 5.41) is 0. The Kier molecular flexibility index (Phi) is 10.9. The summed E-state index contributed by atoms with van der Waals surface area (Å²) in [6.07, 6.45) is 12.0. The highest BCUT2D eigenvalue weighted by Gasteiger charge is 2.08. The third-order valence-electron chi connectivity index (χ3n) is 2.74. The van der Waals surface area contributed by atoms with Crippen LogP contribution in [0.1, 0.15) is 71.1 Å². The fourth-order valence-corrected chi connectivity index (χ4v) is 2.10. The summed E-state index contributed by atoms with van der Waals surface area (Å²) < 4.78 is 31.5. The van der Waals surface area contributed by atoms with Crippen molar-refractivity contribution in [2.45, 2.75) is 71.1 Å². The molecule has 0 heterocycles. The van der Waals surface area contributed by atoms with Gasteiger partial charge >= 0.3 is 10.4 Å². The third kappa shape index (κ3) is 15.9. The molecule has 0 bridgehead atoms. The molecule has 0 spiro atoms. The van der Waals surface area contributed by atoms with Crippen molar-refractivity contribution in [1.29, 1.82) is 0 Å². The molecule has 0 aromatic rings. The first-order valence-corrected chi connectivity index (χ1v) is 8.11. The molecule has 0 atom stereocenters. The molecule has 4 nitrogen and oxygen atoms in total. The van der Waals surface area contributed by atoms with Crippen molar-refractivity contribution >= 4 is 10.4 Å². The molecule has 104 valence electrons. The Labute approximate surface area is 106 Å². The summed E-state index contributed by atoms with van der Waals surface area (Å²) >= 11 is 0. The van der Waals surface area contributed by atoms with Crippen LogP contribution in [0.5, 0.6) is 0 Å². The largest absolute Gasteiger partial charge is 0.528 e. The molecular formula is C12H27O4S+. The normalized spacial score (nSPS) is 11.9. The van der Waals surface area contributed by atoms with Gasteiger partial charge in [0.2, 0.25) is 0 Å². The molecule has 0 amide bonds. The van der Waals surface area contributed by atoms with Gasteiger partial charge in [-0.1, -0.05) is 64.7 Å². The Balaban J connectivity index is 3.04. The van der Waals surface area contributed by atoms with E-state index in [9.17, 15) is 8.42 Å². The van der Waals surface area contributed by atoms with Gasteiger partial charge in [0.25, 0.3) is 0 Å². The Morgan fingerprint density at radius 3 is 1.65 bits per heavy atom. The van der Waals surface area contributed by atoms with Crippen molar-refractivity contribution in [2.75, 3.05) is 6.61 Å². The molecule has 0 saturated heterocycles. The average molecular weight is 267 g/mol. The molecular weight excluding hydrogens is 240 g/mol. The first-order chi connectivity index (χ1) is 8.06. The van der Waals surface area contributed by atoms with Crippen molar-refractivity contribution in [1.82, 2.24) is 0 Å². The molecule has 0 unspecified atom stereocenters. The minimum absolute atomic E-state index is 0.155. The molecule has 0 aliphatic heterocycles. The molecule has 5 heteroatoms. The second-order valence-corrected chi connectivity index (χ2v) is 5.60. The highest BCUT2D eigenvalue weighted by atomic mass is 32.3. The van der Waals surface area contributed by atoms with Crippen molar-refractivity contribution in [3.63, 3.8) is 0 Å². The minimum Gasteiger partial charge on any atom is -0.309 e. The molecule has 0 saturated carbocycles. The molecule has 0 aliphatic carbocycles. The molecule has 0 radical (unpaired) electrons. The number of rotatable bonds is 12. The van der Waals surface area contributed by atoms with E-state index in [2.05, 4.69) is 11.1 Å². The zero-order valence-corrected chi connectivity index (χ0v) is 11.7.